The van der Waals surface area contributed by atoms with Crippen LogP contribution in [0.3, 0.4) is 0 Å². The number of nitrogens with zero attached hydrogens (tertiary/aromatic N) is 2. The summed E-state index contributed by atoms with van der Waals surface area (Å²) in [5.74, 6) is 0. The molecule has 1 heterocycles. The average molecular weight is 251 g/mol. The third-order valence-electron chi connectivity index (χ3n) is 2.32. The minimum Gasteiger partial charge on any atom is -0.382 e. The SMILES string of the molecule is CC(C)n1cncc1CNCC(O)C(F)(F)F. The Bertz CT molecular complexity index is 349. The molecule has 1 atom stereocenters. The molecule has 0 fully saturated rings. The van der Waals surface area contributed by atoms with Gasteiger partial charge in [0.15, 0.2) is 6.10 Å². The number of aromatic nitrogens is 2. The molecule has 0 radical (unpaired) electrons. The van der Waals surface area contributed by atoms with Gasteiger partial charge in [-0.1, -0.05) is 0 Å². The Balaban J connectivity index is 2.44. The zero-order chi connectivity index (χ0) is 13.1. The maximum Gasteiger partial charge on any atom is 0.415 e. The molecule has 0 saturated heterocycles. The Morgan fingerprint density at radius 3 is 2.65 bits per heavy atom. The summed E-state index contributed by atoms with van der Waals surface area (Å²) >= 11 is 0. The van der Waals surface area contributed by atoms with Gasteiger partial charge in [-0.15, -0.1) is 0 Å². The van der Waals surface area contributed by atoms with Gasteiger partial charge in [0.05, 0.1) is 12.0 Å². The number of halogens is 3. The van der Waals surface area contributed by atoms with Crippen molar-refractivity contribution in [1.29, 1.82) is 0 Å². The number of aliphatic hydroxyl groups excluding tert-OH is 1. The molecule has 1 aromatic rings. The Hall–Kier alpha value is -1.08. The molecule has 1 unspecified atom stereocenters. The van der Waals surface area contributed by atoms with Crippen molar-refractivity contribution >= 4 is 0 Å². The number of imidazole rings is 1. The number of alkyl halides is 3. The summed E-state index contributed by atoms with van der Waals surface area (Å²) in [6.45, 7) is 3.63. The van der Waals surface area contributed by atoms with Crippen LogP contribution in [0.2, 0.25) is 0 Å². The van der Waals surface area contributed by atoms with Crippen molar-refractivity contribution in [3.8, 4) is 0 Å². The molecule has 0 aliphatic heterocycles. The van der Waals surface area contributed by atoms with Crippen molar-refractivity contribution in [3.63, 3.8) is 0 Å². The smallest absolute Gasteiger partial charge is 0.382 e. The maximum absolute atomic E-state index is 12.0. The van der Waals surface area contributed by atoms with Gasteiger partial charge in [-0.2, -0.15) is 13.2 Å². The molecule has 0 bridgehead atoms. The molecule has 17 heavy (non-hydrogen) atoms. The molecule has 7 heteroatoms. The van der Waals surface area contributed by atoms with Crippen molar-refractivity contribution in [2.45, 2.75) is 38.7 Å². The van der Waals surface area contributed by atoms with Crippen LogP contribution < -0.4 is 5.32 Å². The maximum atomic E-state index is 12.0. The zero-order valence-electron chi connectivity index (χ0n) is 9.70. The Kier molecular flexibility index (Phi) is 4.53. The van der Waals surface area contributed by atoms with Crippen molar-refractivity contribution < 1.29 is 18.3 Å². The molecule has 0 saturated carbocycles. The highest BCUT2D eigenvalue weighted by molar-refractivity contribution is 4.99. The van der Waals surface area contributed by atoms with Crippen molar-refractivity contribution in [1.82, 2.24) is 14.9 Å². The normalized spacial score (nSPS) is 14.3. The number of aliphatic hydroxyl groups is 1. The van der Waals surface area contributed by atoms with Crippen LogP contribution in [-0.4, -0.2) is 33.5 Å². The van der Waals surface area contributed by atoms with E-state index in [0.29, 0.717) is 0 Å². The van der Waals surface area contributed by atoms with E-state index in [4.69, 9.17) is 5.11 Å². The molecule has 0 spiro atoms. The quantitative estimate of drug-likeness (QED) is 0.833. The number of hydrogen-bond acceptors (Lipinski definition) is 3. The third-order valence-corrected chi connectivity index (χ3v) is 2.32. The molecule has 0 aromatic carbocycles. The monoisotopic (exact) mass is 251 g/mol. The lowest BCUT2D eigenvalue weighted by Gasteiger charge is -2.16. The van der Waals surface area contributed by atoms with Gasteiger partial charge in [0.25, 0.3) is 0 Å². The summed E-state index contributed by atoms with van der Waals surface area (Å²) in [4.78, 5) is 3.93. The molecule has 2 N–H and O–H groups in total. The summed E-state index contributed by atoms with van der Waals surface area (Å²) in [7, 11) is 0. The summed E-state index contributed by atoms with van der Waals surface area (Å²) in [6, 6.07) is 0.196. The summed E-state index contributed by atoms with van der Waals surface area (Å²) in [5.41, 5.74) is 0.786. The zero-order valence-corrected chi connectivity index (χ0v) is 9.70. The number of hydrogen-bond donors (Lipinski definition) is 2. The Morgan fingerprint density at radius 1 is 1.47 bits per heavy atom. The van der Waals surface area contributed by atoms with Crippen LogP contribution in [0.5, 0.6) is 0 Å². The van der Waals surface area contributed by atoms with E-state index < -0.39 is 18.8 Å². The van der Waals surface area contributed by atoms with Crippen LogP contribution in [0.4, 0.5) is 13.2 Å². The summed E-state index contributed by atoms with van der Waals surface area (Å²) in [6.07, 6.45) is -3.70. The van der Waals surface area contributed by atoms with E-state index in [2.05, 4.69) is 10.3 Å². The minimum atomic E-state index is -4.58. The van der Waals surface area contributed by atoms with Gasteiger partial charge >= 0.3 is 6.18 Å². The van der Waals surface area contributed by atoms with Crippen LogP contribution in [0.25, 0.3) is 0 Å². The van der Waals surface area contributed by atoms with E-state index in [1.54, 1.807) is 12.5 Å². The van der Waals surface area contributed by atoms with E-state index in [1.807, 2.05) is 18.4 Å². The lowest BCUT2D eigenvalue weighted by atomic mass is 10.3. The minimum absolute atomic E-state index is 0.196. The van der Waals surface area contributed by atoms with Crippen molar-refractivity contribution in [2.24, 2.45) is 0 Å². The first-order valence-corrected chi connectivity index (χ1v) is 5.28. The number of rotatable bonds is 5. The molecular formula is C10H16F3N3O. The topological polar surface area (TPSA) is 50.1 Å². The fraction of sp³-hybridized carbons (Fsp3) is 0.700. The van der Waals surface area contributed by atoms with Gasteiger partial charge in [0.2, 0.25) is 0 Å². The standard InChI is InChI=1S/C10H16F3N3O/c1-7(2)16-6-15-4-8(16)3-14-5-9(17)10(11,12)13/h4,6-7,9,14,17H,3,5H2,1-2H3. The van der Waals surface area contributed by atoms with Crippen LogP contribution in [0.15, 0.2) is 12.5 Å². The van der Waals surface area contributed by atoms with Gasteiger partial charge in [-0.25, -0.2) is 4.98 Å². The molecule has 98 valence electrons. The summed E-state index contributed by atoms with van der Waals surface area (Å²) in [5, 5.41) is 11.3. The molecule has 0 aliphatic rings. The largest absolute Gasteiger partial charge is 0.415 e. The molecule has 1 rings (SSSR count). The summed E-state index contributed by atoms with van der Waals surface area (Å²) < 4.78 is 37.9. The second kappa shape index (κ2) is 5.50. The molecule has 0 aliphatic carbocycles. The van der Waals surface area contributed by atoms with Gasteiger partial charge < -0.3 is 15.0 Å². The van der Waals surface area contributed by atoms with Crippen LogP contribution in [0.1, 0.15) is 25.6 Å². The number of nitrogens with one attached hydrogen (secondary N) is 1. The van der Waals surface area contributed by atoms with Gasteiger partial charge in [0, 0.05) is 25.3 Å². The first kappa shape index (κ1) is 14.0. The third kappa shape index (κ3) is 4.01. The fourth-order valence-corrected chi connectivity index (χ4v) is 1.39. The second-order valence-corrected chi connectivity index (χ2v) is 4.07. The van der Waals surface area contributed by atoms with E-state index in [9.17, 15) is 13.2 Å². The van der Waals surface area contributed by atoms with E-state index in [0.717, 1.165) is 5.69 Å². The highest BCUT2D eigenvalue weighted by Crippen LogP contribution is 2.19. The lowest BCUT2D eigenvalue weighted by molar-refractivity contribution is -0.201. The first-order valence-electron chi connectivity index (χ1n) is 5.28. The molecule has 0 amide bonds. The average Bonchev–Trinajstić information content (AvgIpc) is 2.64. The van der Waals surface area contributed by atoms with E-state index in [-0.39, 0.29) is 12.6 Å². The van der Waals surface area contributed by atoms with Gasteiger partial charge in [-0.05, 0) is 13.8 Å². The first-order chi connectivity index (χ1) is 7.82. The van der Waals surface area contributed by atoms with Crippen molar-refractivity contribution in [2.75, 3.05) is 6.54 Å². The van der Waals surface area contributed by atoms with E-state index >= 15 is 0 Å². The fourth-order valence-electron chi connectivity index (χ4n) is 1.39. The van der Waals surface area contributed by atoms with E-state index in [1.165, 1.54) is 0 Å². The van der Waals surface area contributed by atoms with Crippen LogP contribution >= 0.6 is 0 Å². The highest BCUT2D eigenvalue weighted by Gasteiger charge is 2.37. The molecule has 1 aromatic heterocycles. The van der Waals surface area contributed by atoms with Crippen LogP contribution in [0, 0.1) is 0 Å². The molecular weight excluding hydrogens is 235 g/mol. The lowest BCUT2D eigenvalue weighted by Crippen LogP contribution is -2.38. The van der Waals surface area contributed by atoms with Gasteiger partial charge in [-0.3, -0.25) is 0 Å². The molecule has 4 nitrogen and oxygen atoms in total. The second-order valence-electron chi connectivity index (χ2n) is 4.07. The predicted octanol–water partition coefficient (Wildman–Crippen LogP) is 1.48. The van der Waals surface area contributed by atoms with Crippen molar-refractivity contribution in [3.05, 3.63) is 18.2 Å². The van der Waals surface area contributed by atoms with Crippen LogP contribution in [-0.2, 0) is 6.54 Å². The predicted molar refractivity (Wildman–Crippen MR) is 56.4 cm³/mol. The Morgan fingerprint density at radius 2 is 2.12 bits per heavy atom. The van der Waals surface area contributed by atoms with Gasteiger partial charge in [0.1, 0.15) is 0 Å². The highest BCUT2D eigenvalue weighted by atomic mass is 19.4. The Labute approximate surface area is 97.5 Å².